The van der Waals surface area contributed by atoms with E-state index in [4.69, 9.17) is 16.3 Å². The number of nitrogens with zero attached hydrogens (tertiary/aromatic N) is 2. The highest BCUT2D eigenvalue weighted by atomic mass is 79.9. The van der Waals surface area contributed by atoms with Crippen molar-refractivity contribution in [3.8, 4) is 5.75 Å². The average molecular weight is 427 g/mol. The maximum atomic E-state index is 11.8. The van der Waals surface area contributed by atoms with Crippen molar-refractivity contribution in [3.63, 3.8) is 0 Å². The molecular formula is C16H13BrClN3O4. The van der Waals surface area contributed by atoms with Gasteiger partial charge in [0, 0.05) is 22.7 Å². The average Bonchev–Trinajstić information content (AvgIpc) is 2.59. The monoisotopic (exact) mass is 425 g/mol. The van der Waals surface area contributed by atoms with Crippen LogP contribution in [0.2, 0.25) is 5.02 Å². The molecule has 0 aliphatic heterocycles. The van der Waals surface area contributed by atoms with Gasteiger partial charge in [-0.3, -0.25) is 14.9 Å². The number of rotatable bonds is 6. The lowest BCUT2D eigenvalue weighted by atomic mass is 10.1. The Hall–Kier alpha value is -2.45. The third kappa shape index (κ3) is 5.54. The summed E-state index contributed by atoms with van der Waals surface area (Å²) in [4.78, 5) is 22.1. The number of non-ortho nitro benzene ring substituents is 1. The van der Waals surface area contributed by atoms with Crippen LogP contribution >= 0.6 is 27.5 Å². The highest BCUT2D eigenvalue weighted by Gasteiger charge is 2.09. The van der Waals surface area contributed by atoms with Crippen LogP contribution in [0.4, 0.5) is 5.69 Å². The number of carbonyl (C=O) groups excluding carboxylic acids is 1. The fraction of sp³-hybridized carbons (Fsp3) is 0.125. The molecule has 2 aromatic rings. The quantitative estimate of drug-likeness (QED) is 0.430. The Bertz CT molecular complexity index is 842. The van der Waals surface area contributed by atoms with Gasteiger partial charge < -0.3 is 4.74 Å². The molecular weight excluding hydrogens is 414 g/mol. The lowest BCUT2D eigenvalue weighted by molar-refractivity contribution is -0.384. The first-order valence-corrected chi connectivity index (χ1v) is 8.19. The minimum Gasteiger partial charge on any atom is -0.483 e. The summed E-state index contributed by atoms with van der Waals surface area (Å²) in [5.74, 6) is 0.00515. The van der Waals surface area contributed by atoms with Crippen molar-refractivity contribution >= 4 is 44.8 Å². The van der Waals surface area contributed by atoms with Gasteiger partial charge in [-0.15, -0.1) is 0 Å². The van der Waals surface area contributed by atoms with Crippen LogP contribution in [-0.2, 0) is 4.79 Å². The number of ether oxygens (including phenoxy) is 1. The van der Waals surface area contributed by atoms with E-state index in [-0.39, 0.29) is 12.3 Å². The molecule has 2 aromatic carbocycles. The Balaban J connectivity index is 1.95. The third-order valence-corrected chi connectivity index (χ3v) is 3.93. The van der Waals surface area contributed by atoms with Gasteiger partial charge in [0.15, 0.2) is 6.61 Å². The summed E-state index contributed by atoms with van der Waals surface area (Å²) in [7, 11) is 0. The summed E-state index contributed by atoms with van der Waals surface area (Å²) >= 11 is 9.11. The summed E-state index contributed by atoms with van der Waals surface area (Å²) in [6.07, 6.45) is 0. The van der Waals surface area contributed by atoms with E-state index in [0.29, 0.717) is 26.5 Å². The minimum absolute atomic E-state index is 0.0469. The molecule has 7 nitrogen and oxygen atoms in total. The van der Waals surface area contributed by atoms with Crippen molar-refractivity contribution in [3.05, 3.63) is 67.6 Å². The Morgan fingerprint density at radius 1 is 1.36 bits per heavy atom. The van der Waals surface area contributed by atoms with Gasteiger partial charge >= 0.3 is 0 Å². The predicted octanol–water partition coefficient (Wildman–Crippen LogP) is 3.93. The molecule has 2 rings (SSSR count). The first-order valence-electron chi connectivity index (χ1n) is 7.02. The van der Waals surface area contributed by atoms with Gasteiger partial charge in [0.05, 0.1) is 15.1 Å². The molecule has 130 valence electrons. The summed E-state index contributed by atoms with van der Waals surface area (Å²) in [5.41, 5.74) is 3.27. The van der Waals surface area contributed by atoms with Gasteiger partial charge in [0.2, 0.25) is 0 Å². The van der Waals surface area contributed by atoms with Crippen LogP contribution in [0, 0.1) is 10.1 Å². The maximum absolute atomic E-state index is 11.8. The molecule has 1 amide bonds. The van der Waals surface area contributed by atoms with Crippen molar-refractivity contribution < 1.29 is 14.5 Å². The molecule has 0 atom stereocenters. The van der Waals surface area contributed by atoms with Crippen molar-refractivity contribution in [1.29, 1.82) is 0 Å². The fourth-order valence-corrected chi connectivity index (χ4v) is 2.62. The second-order valence-electron chi connectivity index (χ2n) is 4.90. The summed E-state index contributed by atoms with van der Waals surface area (Å²) < 4.78 is 5.99. The number of halogens is 2. The van der Waals surface area contributed by atoms with Crippen molar-refractivity contribution in [2.75, 3.05) is 6.61 Å². The van der Waals surface area contributed by atoms with Gasteiger partial charge in [-0.1, -0.05) is 23.7 Å². The van der Waals surface area contributed by atoms with E-state index in [0.717, 1.165) is 0 Å². The molecule has 0 aliphatic rings. The van der Waals surface area contributed by atoms with Crippen LogP contribution in [0.15, 0.2) is 52.0 Å². The predicted molar refractivity (Wildman–Crippen MR) is 98.1 cm³/mol. The van der Waals surface area contributed by atoms with Crippen LogP contribution in [0.1, 0.15) is 12.5 Å². The number of amides is 1. The first kappa shape index (κ1) is 18.9. The second-order valence-corrected chi connectivity index (χ2v) is 6.19. The maximum Gasteiger partial charge on any atom is 0.277 e. The molecule has 0 fully saturated rings. The SMILES string of the molecule is CC(=NNC(=O)COc1ccc(Cl)cc1Br)c1cccc([N+](=O)[O-])c1. The molecule has 1 N–H and O–H groups in total. The zero-order valence-corrected chi connectivity index (χ0v) is 15.4. The van der Waals surface area contributed by atoms with Gasteiger partial charge in [-0.05, 0) is 41.1 Å². The van der Waals surface area contributed by atoms with Crippen LogP contribution < -0.4 is 10.2 Å². The van der Waals surface area contributed by atoms with Crippen LogP contribution in [0.3, 0.4) is 0 Å². The van der Waals surface area contributed by atoms with Crippen molar-refractivity contribution in [2.24, 2.45) is 5.10 Å². The summed E-state index contributed by atoms with van der Waals surface area (Å²) in [6.45, 7) is 1.39. The molecule has 0 aromatic heterocycles. The third-order valence-electron chi connectivity index (χ3n) is 3.08. The number of nitro groups is 1. The van der Waals surface area contributed by atoms with E-state index in [1.165, 1.54) is 12.1 Å². The molecule has 0 heterocycles. The Labute approximate surface area is 156 Å². The molecule has 0 radical (unpaired) electrons. The molecule has 0 aliphatic carbocycles. The normalized spacial score (nSPS) is 11.1. The smallest absolute Gasteiger partial charge is 0.277 e. The van der Waals surface area contributed by atoms with E-state index < -0.39 is 10.8 Å². The summed E-state index contributed by atoms with van der Waals surface area (Å²) in [5, 5.41) is 15.2. The highest BCUT2D eigenvalue weighted by molar-refractivity contribution is 9.10. The number of benzene rings is 2. The van der Waals surface area contributed by atoms with Crippen LogP contribution in [0.5, 0.6) is 5.75 Å². The molecule has 0 spiro atoms. The lowest BCUT2D eigenvalue weighted by Gasteiger charge is -2.08. The van der Waals surface area contributed by atoms with E-state index >= 15 is 0 Å². The Morgan fingerprint density at radius 3 is 2.80 bits per heavy atom. The van der Waals surface area contributed by atoms with E-state index in [1.54, 1.807) is 37.3 Å². The number of hydrogen-bond acceptors (Lipinski definition) is 5. The topological polar surface area (TPSA) is 93.8 Å². The second kappa shape index (κ2) is 8.59. The van der Waals surface area contributed by atoms with E-state index in [1.807, 2.05) is 0 Å². The molecule has 9 heteroatoms. The highest BCUT2D eigenvalue weighted by Crippen LogP contribution is 2.27. The summed E-state index contributed by atoms with van der Waals surface area (Å²) in [6, 6.07) is 10.9. The first-order chi connectivity index (χ1) is 11.9. The van der Waals surface area contributed by atoms with E-state index in [2.05, 4.69) is 26.5 Å². The molecule has 25 heavy (non-hydrogen) atoms. The minimum atomic E-state index is -0.493. The number of carbonyl (C=O) groups is 1. The standard InChI is InChI=1S/C16H13BrClN3O4/c1-10(11-3-2-4-13(7-11)21(23)24)19-20-16(22)9-25-15-6-5-12(18)8-14(15)17/h2-8H,9H2,1H3,(H,20,22). The van der Waals surface area contributed by atoms with Crippen molar-refractivity contribution in [2.45, 2.75) is 6.92 Å². The lowest BCUT2D eigenvalue weighted by Crippen LogP contribution is -2.25. The largest absolute Gasteiger partial charge is 0.483 e. The van der Waals surface area contributed by atoms with E-state index in [9.17, 15) is 14.9 Å². The zero-order valence-electron chi connectivity index (χ0n) is 13.0. The van der Waals surface area contributed by atoms with Crippen LogP contribution in [-0.4, -0.2) is 23.1 Å². The number of nitrogens with one attached hydrogen (secondary N) is 1. The molecule has 0 saturated heterocycles. The van der Waals surface area contributed by atoms with Gasteiger partial charge in [-0.25, -0.2) is 5.43 Å². The Kier molecular flexibility index (Phi) is 6.49. The number of hydrogen-bond donors (Lipinski definition) is 1. The molecule has 0 bridgehead atoms. The van der Waals surface area contributed by atoms with Gasteiger partial charge in [0.25, 0.3) is 11.6 Å². The molecule has 0 unspecified atom stereocenters. The van der Waals surface area contributed by atoms with Crippen LogP contribution in [0.25, 0.3) is 0 Å². The zero-order chi connectivity index (χ0) is 18.4. The molecule has 0 saturated carbocycles. The number of nitro benzene ring substituents is 1. The Morgan fingerprint density at radius 2 is 2.12 bits per heavy atom. The van der Waals surface area contributed by atoms with Gasteiger partial charge in [-0.2, -0.15) is 5.10 Å². The fourth-order valence-electron chi connectivity index (χ4n) is 1.82. The van der Waals surface area contributed by atoms with Gasteiger partial charge in [0.1, 0.15) is 5.75 Å². The number of hydrazone groups is 1. The van der Waals surface area contributed by atoms with Crippen molar-refractivity contribution in [1.82, 2.24) is 5.43 Å².